The highest BCUT2D eigenvalue weighted by atomic mass is 32.2. The highest BCUT2D eigenvalue weighted by molar-refractivity contribution is 7.99. The number of anilines is 1. The van der Waals surface area contributed by atoms with Gasteiger partial charge in [-0.2, -0.15) is 4.31 Å². The number of tetrazole rings is 1. The van der Waals surface area contributed by atoms with Crippen LogP contribution >= 0.6 is 11.8 Å². The summed E-state index contributed by atoms with van der Waals surface area (Å²) in [6.45, 7) is 2.13. The maximum atomic E-state index is 13.1. The summed E-state index contributed by atoms with van der Waals surface area (Å²) < 4.78 is 34.3. The topological polar surface area (TPSA) is 114 Å². The molecule has 0 saturated carbocycles. The first kappa shape index (κ1) is 22.1. The summed E-state index contributed by atoms with van der Waals surface area (Å²) in [6, 6.07) is 8.76. The van der Waals surface area contributed by atoms with Crippen molar-refractivity contribution in [2.24, 2.45) is 0 Å². The van der Waals surface area contributed by atoms with E-state index >= 15 is 0 Å². The Morgan fingerprint density at radius 1 is 1.12 bits per heavy atom. The van der Waals surface area contributed by atoms with Crippen LogP contribution in [0.5, 0.6) is 0 Å². The molecule has 2 aliphatic rings. The maximum absolute atomic E-state index is 13.1. The number of aromatic nitrogens is 4. The van der Waals surface area contributed by atoms with Crippen molar-refractivity contribution in [3.8, 4) is 0 Å². The van der Waals surface area contributed by atoms with Gasteiger partial charge in [0, 0.05) is 25.3 Å². The molecule has 0 unspecified atom stereocenters. The molecule has 4 heterocycles. The monoisotopic (exact) mass is 488 g/mol. The summed E-state index contributed by atoms with van der Waals surface area (Å²) in [5, 5.41) is 12.2. The molecule has 1 aromatic carbocycles. The van der Waals surface area contributed by atoms with Crippen LogP contribution < -0.4 is 4.90 Å². The summed E-state index contributed by atoms with van der Waals surface area (Å²) in [5.74, 6) is 0.829. The van der Waals surface area contributed by atoms with Crippen LogP contribution in [0.25, 0.3) is 0 Å². The van der Waals surface area contributed by atoms with Gasteiger partial charge in [0.1, 0.15) is 12.3 Å². The lowest BCUT2D eigenvalue weighted by Crippen LogP contribution is -2.37. The molecule has 5 rings (SSSR count). The average molecular weight is 489 g/mol. The number of benzene rings is 1. The minimum Gasteiger partial charge on any atom is -0.467 e. The summed E-state index contributed by atoms with van der Waals surface area (Å²) in [6.07, 6.45) is 4.92. The van der Waals surface area contributed by atoms with Gasteiger partial charge in [0.05, 0.1) is 16.9 Å². The van der Waals surface area contributed by atoms with Crippen molar-refractivity contribution in [3.05, 3.63) is 47.9 Å². The first-order valence-corrected chi connectivity index (χ1v) is 13.3. The van der Waals surface area contributed by atoms with E-state index in [1.807, 2.05) is 6.07 Å². The van der Waals surface area contributed by atoms with Gasteiger partial charge in [-0.15, -0.1) is 5.10 Å². The molecule has 0 radical (unpaired) electrons. The molecular weight excluding hydrogens is 464 g/mol. The number of sulfonamides is 1. The van der Waals surface area contributed by atoms with E-state index in [0.29, 0.717) is 36.2 Å². The fourth-order valence-electron chi connectivity index (χ4n) is 4.22. The zero-order valence-corrected chi connectivity index (χ0v) is 19.6. The van der Waals surface area contributed by atoms with Gasteiger partial charge in [-0.25, -0.2) is 13.1 Å². The lowest BCUT2D eigenvalue weighted by atomic mass is 10.0. The van der Waals surface area contributed by atoms with Crippen molar-refractivity contribution in [1.82, 2.24) is 24.5 Å². The van der Waals surface area contributed by atoms with Gasteiger partial charge >= 0.3 is 0 Å². The molecule has 1 amide bonds. The third-order valence-corrected chi connectivity index (χ3v) is 8.72. The zero-order chi connectivity index (χ0) is 22.8. The number of carbonyl (C=O) groups excluding carboxylic acids is 1. The first-order valence-electron chi connectivity index (χ1n) is 10.9. The Morgan fingerprint density at radius 3 is 2.76 bits per heavy atom. The van der Waals surface area contributed by atoms with E-state index in [1.165, 1.54) is 11.8 Å². The fraction of sp³-hybridized carbons (Fsp3) is 0.429. The average Bonchev–Trinajstić information content (AvgIpc) is 3.60. The Kier molecular flexibility index (Phi) is 6.21. The number of hydrogen-bond acceptors (Lipinski definition) is 8. The van der Waals surface area contributed by atoms with E-state index in [0.717, 1.165) is 42.7 Å². The molecule has 2 aromatic heterocycles. The molecule has 174 valence electrons. The molecule has 1 fully saturated rings. The second-order valence-corrected chi connectivity index (χ2v) is 10.9. The Hall–Kier alpha value is -2.70. The summed E-state index contributed by atoms with van der Waals surface area (Å²) in [5.41, 5.74) is 1.67. The van der Waals surface area contributed by atoms with Crippen LogP contribution in [0.1, 0.15) is 30.6 Å². The van der Waals surface area contributed by atoms with Crippen LogP contribution in [0.4, 0.5) is 5.69 Å². The van der Waals surface area contributed by atoms with Crippen LogP contribution in [0.15, 0.2) is 51.1 Å². The summed E-state index contributed by atoms with van der Waals surface area (Å²) in [4.78, 5) is 15.1. The van der Waals surface area contributed by atoms with Gasteiger partial charge < -0.3 is 9.32 Å². The Morgan fingerprint density at radius 2 is 1.97 bits per heavy atom. The number of rotatable bonds is 7. The standard InChI is InChI=1S/C21H24N6O4S2/c28-20(15-32-21-22-23-24-27(21)14-17-6-4-12-31-17)26-11-3-5-16-13-18(7-8-19(16)26)33(29,30)25-9-1-2-10-25/h4,6-8,12-13H,1-3,5,9-11,14-15H2. The molecule has 1 saturated heterocycles. The van der Waals surface area contributed by atoms with Gasteiger partial charge in [0.2, 0.25) is 21.1 Å². The SMILES string of the molecule is O=C(CSc1nnnn1Cc1ccco1)N1CCCc2cc(S(=O)(=O)N3CCCC3)ccc21. The number of amides is 1. The number of furan rings is 1. The molecule has 0 spiro atoms. The molecule has 0 bridgehead atoms. The molecule has 12 heteroatoms. The zero-order valence-electron chi connectivity index (χ0n) is 18.0. The number of carbonyl (C=O) groups is 1. The fourth-order valence-corrected chi connectivity index (χ4v) is 6.54. The number of nitrogens with zero attached hydrogens (tertiary/aromatic N) is 6. The van der Waals surface area contributed by atoms with E-state index in [4.69, 9.17) is 4.42 Å². The number of thioether (sulfide) groups is 1. The predicted molar refractivity (Wildman–Crippen MR) is 121 cm³/mol. The Balaban J connectivity index is 1.29. The summed E-state index contributed by atoms with van der Waals surface area (Å²) >= 11 is 1.27. The number of fused-ring (bicyclic) bond motifs is 1. The number of aryl methyl sites for hydroxylation is 1. The molecule has 10 nitrogen and oxygen atoms in total. The largest absolute Gasteiger partial charge is 0.467 e. The van der Waals surface area contributed by atoms with Gasteiger partial charge in [-0.1, -0.05) is 11.8 Å². The minimum absolute atomic E-state index is 0.0661. The van der Waals surface area contributed by atoms with Gasteiger partial charge in [0.15, 0.2) is 0 Å². The Labute approximate surface area is 196 Å². The van der Waals surface area contributed by atoms with Crippen LogP contribution in [0.2, 0.25) is 0 Å². The smallest absolute Gasteiger partial charge is 0.243 e. The van der Waals surface area contributed by atoms with Crippen LogP contribution in [0, 0.1) is 0 Å². The van der Waals surface area contributed by atoms with E-state index < -0.39 is 10.0 Å². The van der Waals surface area contributed by atoms with E-state index in [-0.39, 0.29) is 11.7 Å². The molecular formula is C21H24N6O4S2. The molecule has 33 heavy (non-hydrogen) atoms. The molecule has 3 aromatic rings. The van der Waals surface area contributed by atoms with Gasteiger partial charge in [0.25, 0.3) is 0 Å². The lowest BCUT2D eigenvalue weighted by molar-refractivity contribution is -0.116. The van der Waals surface area contributed by atoms with Crippen molar-refractivity contribution in [1.29, 1.82) is 0 Å². The molecule has 0 aliphatic carbocycles. The first-order chi connectivity index (χ1) is 16.0. The minimum atomic E-state index is -3.48. The lowest BCUT2D eigenvalue weighted by Gasteiger charge is -2.30. The highest BCUT2D eigenvalue weighted by Gasteiger charge is 2.30. The molecule has 0 N–H and O–H groups in total. The quantitative estimate of drug-likeness (QED) is 0.465. The molecule has 2 aliphatic heterocycles. The van der Waals surface area contributed by atoms with Crippen molar-refractivity contribution < 1.29 is 17.6 Å². The van der Waals surface area contributed by atoms with E-state index in [9.17, 15) is 13.2 Å². The second kappa shape index (κ2) is 9.27. The van der Waals surface area contributed by atoms with Crippen molar-refractivity contribution in [3.63, 3.8) is 0 Å². The highest BCUT2D eigenvalue weighted by Crippen LogP contribution is 2.32. The van der Waals surface area contributed by atoms with Crippen molar-refractivity contribution in [2.75, 3.05) is 30.3 Å². The van der Waals surface area contributed by atoms with Crippen LogP contribution in [0.3, 0.4) is 0 Å². The van der Waals surface area contributed by atoms with Gasteiger partial charge in [-0.05, 0) is 72.0 Å². The van der Waals surface area contributed by atoms with Crippen molar-refractivity contribution >= 4 is 33.4 Å². The summed E-state index contributed by atoms with van der Waals surface area (Å²) in [7, 11) is -3.48. The van der Waals surface area contributed by atoms with Crippen LogP contribution in [-0.4, -0.2) is 64.2 Å². The van der Waals surface area contributed by atoms with E-state index in [2.05, 4.69) is 15.5 Å². The predicted octanol–water partition coefficient (Wildman–Crippen LogP) is 2.17. The van der Waals surface area contributed by atoms with Crippen molar-refractivity contribution in [2.45, 2.75) is 42.3 Å². The third-order valence-electron chi connectivity index (χ3n) is 5.88. The van der Waals surface area contributed by atoms with Crippen LogP contribution in [-0.2, 0) is 27.8 Å². The Bertz CT molecular complexity index is 1240. The van der Waals surface area contributed by atoms with E-state index in [1.54, 1.807) is 44.4 Å². The number of hydrogen-bond donors (Lipinski definition) is 0. The second-order valence-electron chi connectivity index (χ2n) is 8.04. The molecule has 0 atom stereocenters. The normalized spacial score (nSPS) is 16.8. The maximum Gasteiger partial charge on any atom is 0.243 e. The van der Waals surface area contributed by atoms with Gasteiger partial charge in [-0.3, -0.25) is 4.79 Å². The third kappa shape index (κ3) is 4.55.